The summed E-state index contributed by atoms with van der Waals surface area (Å²) in [5.74, 6) is 0.948. The Kier molecular flexibility index (Phi) is 6.33. The molecule has 1 aliphatic rings. The molecule has 1 amide bonds. The minimum Gasteiger partial charge on any atom is -0.343 e. The van der Waals surface area contributed by atoms with Gasteiger partial charge in [0.15, 0.2) is 5.16 Å². The first-order valence-electron chi connectivity index (χ1n) is 10.3. The first-order chi connectivity index (χ1) is 14.7. The lowest BCUT2D eigenvalue weighted by molar-refractivity contribution is -0.127. The number of benzene rings is 2. The van der Waals surface area contributed by atoms with Crippen molar-refractivity contribution in [3.8, 4) is 0 Å². The molecule has 3 aromatic rings. The van der Waals surface area contributed by atoms with Crippen molar-refractivity contribution in [2.75, 3.05) is 13.1 Å². The van der Waals surface area contributed by atoms with Gasteiger partial charge >= 0.3 is 0 Å². The van der Waals surface area contributed by atoms with Crippen LogP contribution in [0.15, 0.2) is 65.1 Å². The van der Waals surface area contributed by atoms with Crippen molar-refractivity contribution in [2.24, 2.45) is 0 Å². The molecule has 30 heavy (non-hydrogen) atoms. The third-order valence-corrected chi connectivity index (χ3v) is 6.44. The average Bonchev–Trinajstić information content (AvgIpc) is 3.19. The van der Waals surface area contributed by atoms with Gasteiger partial charge in [-0.2, -0.15) is 0 Å². The summed E-state index contributed by atoms with van der Waals surface area (Å²) in [7, 11) is 0. The monoisotopic (exact) mass is 419 g/mol. The maximum atomic E-state index is 13.2. The van der Waals surface area contributed by atoms with Gasteiger partial charge in [0.1, 0.15) is 0 Å². The number of para-hydroxylation sites is 1. The summed E-state index contributed by atoms with van der Waals surface area (Å²) >= 11 is 1.57. The molecule has 2 aromatic carbocycles. The summed E-state index contributed by atoms with van der Waals surface area (Å²) in [5.41, 5.74) is 2.96. The van der Waals surface area contributed by atoms with Crippen molar-refractivity contribution in [1.82, 2.24) is 14.5 Å². The second kappa shape index (κ2) is 9.30. The number of carbonyl (C=O) groups is 1. The fourth-order valence-corrected chi connectivity index (χ4v) is 4.69. The Balaban J connectivity index is 1.55. The third-order valence-electron chi connectivity index (χ3n) is 5.39. The van der Waals surface area contributed by atoms with E-state index < -0.39 is 0 Å². The van der Waals surface area contributed by atoms with Crippen molar-refractivity contribution in [1.29, 1.82) is 0 Å². The quantitative estimate of drug-likeness (QED) is 0.402. The molecule has 1 aliphatic heterocycles. The topological polar surface area (TPSA) is 55.2 Å². The van der Waals surface area contributed by atoms with Crippen LogP contribution in [-0.2, 0) is 17.1 Å². The molecule has 0 aliphatic carbocycles. The van der Waals surface area contributed by atoms with Gasteiger partial charge in [-0.05, 0) is 36.1 Å². The first kappa shape index (κ1) is 20.4. The Morgan fingerprint density at radius 1 is 1.07 bits per heavy atom. The molecular weight excluding hydrogens is 394 g/mol. The summed E-state index contributed by atoms with van der Waals surface area (Å²) in [6.07, 6.45) is 4.14. The highest BCUT2D eigenvalue weighted by molar-refractivity contribution is 7.98. The second-order valence-electron chi connectivity index (χ2n) is 7.44. The van der Waals surface area contributed by atoms with Crippen LogP contribution < -0.4 is 5.56 Å². The Morgan fingerprint density at radius 2 is 1.87 bits per heavy atom. The van der Waals surface area contributed by atoms with E-state index >= 15 is 0 Å². The average molecular weight is 420 g/mol. The maximum absolute atomic E-state index is 13.2. The van der Waals surface area contributed by atoms with Crippen LogP contribution in [0.5, 0.6) is 0 Å². The van der Waals surface area contributed by atoms with Gasteiger partial charge in [0, 0.05) is 31.8 Å². The van der Waals surface area contributed by atoms with Crippen LogP contribution in [0.2, 0.25) is 0 Å². The smallest absolute Gasteiger partial charge is 0.262 e. The maximum Gasteiger partial charge on any atom is 0.262 e. The Labute approximate surface area is 180 Å². The lowest BCUT2D eigenvalue weighted by Crippen LogP contribution is -2.29. The van der Waals surface area contributed by atoms with Gasteiger partial charge in [-0.3, -0.25) is 14.2 Å². The lowest BCUT2D eigenvalue weighted by atomic mass is 10.1. The van der Waals surface area contributed by atoms with Crippen molar-refractivity contribution in [3.05, 3.63) is 76.6 Å². The van der Waals surface area contributed by atoms with Crippen LogP contribution in [0, 0.1) is 0 Å². The van der Waals surface area contributed by atoms with Crippen LogP contribution >= 0.6 is 11.8 Å². The number of rotatable bonds is 8. The molecule has 0 spiro atoms. The number of hydrogen-bond donors (Lipinski definition) is 0. The van der Waals surface area contributed by atoms with E-state index in [2.05, 4.69) is 18.7 Å². The van der Waals surface area contributed by atoms with Gasteiger partial charge in [0.25, 0.3) is 5.56 Å². The van der Waals surface area contributed by atoms with Crippen LogP contribution in [-0.4, -0.2) is 33.4 Å². The zero-order valence-corrected chi connectivity index (χ0v) is 17.7. The number of nitrogens with zero attached hydrogens (tertiary/aromatic N) is 3. The van der Waals surface area contributed by atoms with E-state index in [1.54, 1.807) is 16.3 Å². The van der Waals surface area contributed by atoms with Gasteiger partial charge < -0.3 is 4.90 Å². The van der Waals surface area contributed by atoms with Gasteiger partial charge in [-0.25, -0.2) is 4.98 Å². The standard InChI is InChI=1S/C24H25N3O2S/c1-2-18-10-12-19(13-11-18)17-30-24-25-21-8-4-3-7-20(21)23(29)27(24)16-6-15-26-14-5-9-22(26)28/h2-4,7-8,10-13H,1,5-6,9,14-17H2. The Bertz CT molecular complexity index is 1120. The zero-order valence-electron chi connectivity index (χ0n) is 16.9. The SMILES string of the molecule is C=Cc1ccc(CSc2nc3ccccc3c(=O)n2CCCN2CCCC2=O)cc1. The van der Waals surface area contributed by atoms with E-state index in [1.165, 1.54) is 5.56 Å². The molecule has 0 unspecified atom stereocenters. The van der Waals surface area contributed by atoms with Crippen LogP contribution in [0.1, 0.15) is 30.4 Å². The summed E-state index contributed by atoms with van der Waals surface area (Å²) < 4.78 is 1.77. The van der Waals surface area contributed by atoms with Gasteiger partial charge in [0.05, 0.1) is 10.9 Å². The number of thioether (sulfide) groups is 1. The molecule has 0 N–H and O–H groups in total. The number of hydrogen-bond acceptors (Lipinski definition) is 4. The van der Waals surface area contributed by atoms with Crippen molar-refractivity contribution >= 4 is 34.6 Å². The minimum atomic E-state index is -0.0159. The Hall–Kier alpha value is -2.86. The lowest BCUT2D eigenvalue weighted by Gasteiger charge is -2.17. The number of aromatic nitrogens is 2. The number of fused-ring (bicyclic) bond motifs is 1. The second-order valence-corrected chi connectivity index (χ2v) is 8.38. The van der Waals surface area contributed by atoms with Crippen molar-refractivity contribution in [3.63, 3.8) is 0 Å². The largest absolute Gasteiger partial charge is 0.343 e. The normalized spacial score (nSPS) is 13.9. The predicted octanol–water partition coefficient (Wildman–Crippen LogP) is 4.34. The molecule has 1 saturated heterocycles. The van der Waals surface area contributed by atoms with Crippen molar-refractivity contribution in [2.45, 2.75) is 36.7 Å². The molecular formula is C24H25N3O2S. The van der Waals surface area contributed by atoms with E-state index in [-0.39, 0.29) is 11.5 Å². The fraction of sp³-hybridized carbons (Fsp3) is 0.292. The first-order valence-corrected chi connectivity index (χ1v) is 11.3. The van der Waals surface area contributed by atoms with Crippen LogP contribution in [0.3, 0.4) is 0 Å². The van der Waals surface area contributed by atoms with Gasteiger partial charge in [-0.1, -0.05) is 60.8 Å². The Morgan fingerprint density at radius 3 is 2.60 bits per heavy atom. The molecule has 6 heteroatoms. The van der Waals surface area contributed by atoms with Crippen LogP contribution in [0.4, 0.5) is 0 Å². The molecule has 0 radical (unpaired) electrons. The van der Waals surface area contributed by atoms with E-state index in [0.717, 1.165) is 41.4 Å². The molecule has 0 bridgehead atoms. The van der Waals surface area contributed by atoms with E-state index in [1.807, 2.05) is 47.4 Å². The molecule has 0 atom stereocenters. The third kappa shape index (κ3) is 4.49. The minimum absolute atomic E-state index is 0.0159. The highest BCUT2D eigenvalue weighted by Gasteiger charge is 2.19. The summed E-state index contributed by atoms with van der Waals surface area (Å²) in [5, 5.41) is 1.36. The van der Waals surface area contributed by atoms with Crippen LogP contribution in [0.25, 0.3) is 17.0 Å². The molecule has 4 rings (SSSR count). The zero-order chi connectivity index (χ0) is 20.9. The molecule has 5 nitrogen and oxygen atoms in total. The van der Waals surface area contributed by atoms with E-state index in [0.29, 0.717) is 24.9 Å². The number of likely N-dealkylation sites (tertiary alicyclic amines) is 1. The number of carbonyl (C=O) groups excluding carboxylic acids is 1. The van der Waals surface area contributed by atoms with E-state index in [9.17, 15) is 9.59 Å². The molecule has 1 aromatic heterocycles. The molecule has 2 heterocycles. The predicted molar refractivity (Wildman–Crippen MR) is 123 cm³/mol. The van der Waals surface area contributed by atoms with Gasteiger partial charge in [-0.15, -0.1) is 0 Å². The highest BCUT2D eigenvalue weighted by Crippen LogP contribution is 2.23. The summed E-state index contributed by atoms with van der Waals surface area (Å²) in [6.45, 7) is 5.85. The van der Waals surface area contributed by atoms with Gasteiger partial charge in [0.2, 0.25) is 5.91 Å². The number of amides is 1. The molecule has 154 valence electrons. The summed E-state index contributed by atoms with van der Waals surface area (Å²) in [4.78, 5) is 31.7. The molecule has 1 fully saturated rings. The summed E-state index contributed by atoms with van der Waals surface area (Å²) in [6, 6.07) is 15.7. The fourth-order valence-electron chi connectivity index (χ4n) is 3.71. The van der Waals surface area contributed by atoms with Crippen molar-refractivity contribution < 1.29 is 4.79 Å². The molecule has 0 saturated carbocycles. The highest BCUT2D eigenvalue weighted by atomic mass is 32.2. The van der Waals surface area contributed by atoms with E-state index in [4.69, 9.17) is 4.98 Å².